The van der Waals surface area contributed by atoms with E-state index < -0.39 is 41.1 Å². The lowest BCUT2D eigenvalue weighted by Crippen LogP contribution is -2.50. The van der Waals surface area contributed by atoms with Crippen LogP contribution >= 0.6 is 0 Å². The predicted octanol–water partition coefficient (Wildman–Crippen LogP) is 1.95. The Labute approximate surface area is 177 Å². The highest BCUT2D eigenvalue weighted by Crippen LogP contribution is 2.44. The third-order valence-electron chi connectivity index (χ3n) is 5.64. The van der Waals surface area contributed by atoms with E-state index >= 15 is 0 Å². The minimum Gasteiger partial charge on any atom is -0.497 e. The van der Waals surface area contributed by atoms with Gasteiger partial charge in [-0.1, -0.05) is 0 Å². The molecule has 8 nitrogen and oxygen atoms in total. The minimum absolute atomic E-state index is 0.00469. The topological polar surface area (TPSA) is 105 Å². The second-order valence-electron chi connectivity index (χ2n) is 7.99. The summed E-state index contributed by atoms with van der Waals surface area (Å²) in [4.78, 5) is 33.9. The van der Waals surface area contributed by atoms with Gasteiger partial charge in [0.05, 0.1) is 7.11 Å². The number of rotatable bonds is 5. The molecular weight excluding hydrogens is 408 g/mol. The molecule has 0 bridgehead atoms. The van der Waals surface area contributed by atoms with Crippen LogP contribution < -0.4 is 20.7 Å². The largest absolute Gasteiger partial charge is 0.497 e. The van der Waals surface area contributed by atoms with Gasteiger partial charge in [-0.2, -0.15) is 0 Å². The van der Waals surface area contributed by atoms with Crippen LogP contribution in [-0.2, 0) is 10.3 Å². The molecule has 1 aliphatic carbocycles. The first-order chi connectivity index (χ1) is 14.7. The number of nitrogens with zero attached hydrogens (tertiary/aromatic N) is 2. The third-order valence-corrected chi connectivity index (χ3v) is 5.64. The quantitative estimate of drug-likeness (QED) is 0.671. The average Bonchev–Trinajstić information content (AvgIpc) is 3.39. The second-order valence-corrected chi connectivity index (χ2v) is 7.99. The Morgan fingerprint density at radius 2 is 1.77 bits per heavy atom. The first-order valence-electron chi connectivity index (χ1n) is 9.94. The van der Waals surface area contributed by atoms with Crippen LogP contribution in [0.2, 0.25) is 0 Å². The zero-order chi connectivity index (χ0) is 22.3. The summed E-state index contributed by atoms with van der Waals surface area (Å²) in [7, 11) is 1.30. The monoisotopic (exact) mass is 431 g/mol. The molecule has 1 aromatic carbocycles. The number of hydrogen-bond donors (Lipinski definition) is 3. The number of carbonyl (C=O) groups is 2. The third kappa shape index (κ3) is 4.01. The first-order valence-corrected chi connectivity index (χ1v) is 9.94. The molecule has 10 heteroatoms. The van der Waals surface area contributed by atoms with Crippen molar-refractivity contribution in [3.05, 3.63) is 52.6 Å². The van der Waals surface area contributed by atoms with E-state index in [4.69, 9.17) is 4.74 Å². The molecular formula is C21H23F2N5O3. The molecule has 3 N–H and O–H groups in total. The molecule has 4 rings (SSSR count). The van der Waals surface area contributed by atoms with Gasteiger partial charge < -0.3 is 20.7 Å². The Kier molecular flexibility index (Phi) is 5.24. The summed E-state index contributed by atoms with van der Waals surface area (Å²) in [6.07, 6.45) is 1.32. The van der Waals surface area contributed by atoms with Crippen LogP contribution in [-0.4, -0.2) is 41.6 Å². The summed E-state index contributed by atoms with van der Waals surface area (Å²) in [6, 6.07) is 2.18. The molecule has 0 radical (unpaired) electrons. The van der Waals surface area contributed by atoms with E-state index in [1.807, 2.05) is 19.9 Å². The molecule has 1 aromatic heterocycles. The molecule has 0 unspecified atom stereocenters. The number of amides is 3. The number of hydrogen-bond acceptors (Lipinski definition) is 5. The van der Waals surface area contributed by atoms with Crippen LogP contribution in [0.1, 0.15) is 41.5 Å². The number of ether oxygens (including phenoxy) is 1. The van der Waals surface area contributed by atoms with E-state index in [9.17, 15) is 18.4 Å². The van der Waals surface area contributed by atoms with Gasteiger partial charge in [0, 0.05) is 41.5 Å². The Hall–Kier alpha value is -3.30. The second kappa shape index (κ2) is 7.75. The van der Waals surface area contributed by atoms with Crippen molar-refractivity contribution >= 4 is 11.9 Å². The fourth-order valence-corrected chi connectivity index (χ4v) is 3.95. The van der Waals surface area contributed by atoms with Crippen LogP contribution in [0.25, 0.3) is 0 Å². The van der Waals surface area contributed by atoms with Crippen LogP contribution in [0.3, 0.4) is 0 Å². The minimum atomic E-state index is -1.13. The van der Waals surface area contributed by atoms with E-state index in [-0.39, 0.29) is 17.9 Å². The number of halogens is 2. The van der Waals surface area contributed by atoms with Crippen molar-refractivity contribution in [2.75, 3.05) is 13.7 Å². The highest BCUT2D eigenvalue weighted by Gasteiger charge is 2.49. The van der Waals surface area contributed by atoms with Crippen molar-refractivity contribution in [1.29, 1.82) is 0 Å². The van der Waals surface area contributed by atoms with Crippen LogP contribution in [0.4, 0.5) is 13.6 Å². The maximum absolute atomic E-state index is 14.6. The fourth-order valence-electron chi connectivity index (χ4n) is 3.95. The summed E-state index contributed by atoms with van der Waals surface area (Å²) in [5.74, 6) is -2.55. The summed E-state index contributed by atoms with van der Waals surface area (Å²) in [5, 5.41) is 7.98. The van der Waals surface area contributed by atoms with Gasteiger partial charge in [0.25, 0.3) is 0 Å². The normalized spacial score (nSPS) is 21.4. The number of aromatic nitrogens is 2. The van der Waals surface area contributed by atoms with Crippen LogP contribution in [0.5, 0.6) is 5.75 Å². The molecule has 1 saturated carbocycles. The van der Waals surface area contributed by atoms with Gasteiger partial charge in [-0.05, 0) is 32.8 Å². The molecule has 2 atom stereocenters. The molecule has 0 spiro atoms. The summed E-state index contributed by atoms with van der Waals surface area (Å²) in [5.41, 5.74) is 0.596. The number of aryl methyl sites for hydroxylation is 2. The van der Waals surface area contributed by atoms with Crippen molar-refractivity contribution in [3.8, 4) is 5.75 Å². The van der Waals surface area contributed by atoms with Crippen LogP contribution in [0, 0.1) is 25.5 Å². The predicted molar refractivity (Wildman–Crippen MR) is 107 cm³/mol. The first kappa shape index (κ1) is 21.0. The highest BCUT2D eigenvalue weighted by molar-refractivity contribution is 5.90. The van der Waals surface area contributed by atoms with Crippen LogP contribution in [0.15, 0.2) is 18.2 Å². The van der Waals surface area contributed by atoms with Crippen molar-refractivity contribution in [3.63, 3.8) is 0 Å². The lowest BCUT2D eigenvalue weighted by atomic mass is 9.93. The molecule has 164 valence electrons. The number of methoxy groups -OCH3 is 1. The Morgan fingerprint density at radius 1 is 1.16 bits per heavy atom. The lowest BCUT2D eigenvalue weighted by Gasteiger charge is -2.23. The van der Waals surface area contributed by atoms with E-state index in [0.717, 1.165) is 23.5 Å². The van der Waals surface area contributed by atoms with E-state index in [2.05, 4.69) is 25.9 Å². The van der Waals surface area contributed by atoms with E-state index in [1.54, 1.807) is 0 Å². The summed E-state index contributed by atoms with van der Waals surface area (Å²) < 4.78 is 34.0. The van der Waals surface area contributed by atoms with Crippen molar-refractivity contribution in [2.24, 2.45) is 0 Å². The Balaban J connectivity index is 1.53. The van der Waals surface area contributed by atoms with Gasteiger partial charge >= 0.3 is 6.03 Å². The number of carbonyl (C=O) groups excluding carboxylic acids is 2. The maximum Gasteiger partial charge on any atom is 0.316 e. The number of nitrogens with one attached hydrogen (secondary N) is 3. The fraction of sp³-hybridized carbons (Fsp3) is 0.429. The molecule has 3 amide bonds. The molecule has 1 saturated heterocycles. The SMILES string of the molecule is COc1cc(F)c([C@@H]2CNC(=O)[C@H]2NC(=O)NC2(c3nc(C)cc(C)n3)CC2)c(F)c1. The van der Waals surface area contributed by atoms with E-state index in [0.29, 0.717) is 18.7 Å². The molecule has 2 fully saturated rings. The van der Waals surface area contributed by atoms with Gasteiger partial charge in [0.1, 0.15) is 29.0 Å². The summed E-state index contributed by atoms with van der Waals surface area (Å²) >= 11 is 0. The molecule has 2 heterocycles. The Morgan fingerprint density at radius 3 is 2.32 bits per heavy atom. The zero-order valence-corrected chi connectivity index (χ0v) is 17.4. The maximum atomic E-state index is 14.6. The van der Waals surface area contributed by atoms with Gasteiger partial charge in [0.2, 0.25) is 5.91 Å². The highest BCUT2D eigenvalue weighted by atomic mass is 19.1. The van der Waals surface area contributed by atoms with Gasteiger partial charge in [-0.15, -0.1) is 0 Å². The summed E-state index contributed by atoms with van der Waals surface area (Å²) in [6.45, 7) is 3.69. The average molecular weight is 431 g/mol. The van der Waals surface area contributed by atoms with Gasteiger partial charge in [-0.25, -0.2) is 23.5 Å². The number of benzene rings is 1. The van der Waals surface area contributed by atoms with Crippen molar-refractivity contribution in [1.82, 2.24) is 25.9 Å². The Bertz CT molecular complexity index is 1010. The van der Waals surface area contributed by atoms with E-state index in [1.165, 1.54) is 7.11 Å². The van der Waals surface area contributed by atoms with Crippen molar-refractivity contribution in [2.45, 2.75) is 44.2 Å². The smallest absolute Gasteiger partial charge is 0.316 e. The standard InChI is InChI=1S/C21H23F2N5O3/c1-10-6-11(2)26-19(25-10)21(4-5-21)28-20(30)27-17-13(9-24-18(17)29)16-14(22)7-12(31-3)8-15(16)23/h6-8,13,17H,4-5,9H2,1-3H3,(H,24,29)(H2,27,28,30)/t13-,17-/m0/s1. The molecule has 2 aromatic rings. The lowest BCUT2D eigenvalue weighted by molar-refractivity contribution is -0.120. The molecule has 31 heavy (non-hydrogen) atoms. The zero-order valence-electron chi connectivity index (χ0n) is 17.4. The van der Waals surface area contributed by atoms with Gasteiger partial charge in [-0.3, -0.25) is 4.79 Å². The molecule has 1 aliphatic heterocycles. The van der Waals surface area contributed by atoms with Gasteiger partial charge in [0.15, 0.2) is 5.82 Å². The van der Waals surface area contributed by atoms with Crippen molar-refractivity contribution < 1.29 is 23.1 Å². The number of urea groups is 1. The molecule has 2 aliphatic rings.